The van der Waals surface area contributed by atoms with Gasteiger partial charge in [0.1, 0.15) is 5.82 Å². The van der Waals surface area contributed by atoms with Crippen LogP contribution in [0, 0.1) is 5.82 Å². The second-order valence-electron chi connectivity index (χ2n) is 3.58. The standard InChI is InChI=1S/C12H18FNO2/c1-3-4-5-6-16-12-8-10(14)9(13)7-11(12)15-2/h7-8H,3-6,14H2,1-2H3. The number of benzene rings is 1. The van der Waals surface area contributed by atoms with Gasteiger partial charge in [-0.25, -0.2) is 4.39 Å². The van der Waals surface area contributed by atoms with Crippen molar-refractivity contribution in [2.75, 3.05) is 19.5 Å². The Balaban J connectivity index is 2.66. The molecule has 0 spiro atoms. The zero-order valence-electron chi connectivity index (χ0n) is 9.75. The van der Waals surface area contributed by atoms with Crippen molar-refractivity contribution in [2.45, 2.75) is 26.2 Å². The van der Waals surface area contributed by atoms with Gasteiger partial charge in [-0.1, -0.05) is 19.8 Å². The third kappa shape index (κ3) is 3.29. The first-order chi connectivity index (χ1) is 7.69. The number of methoxy groups -OCH3 is 1. The molecule has 0 aliphatic rings. The number of hydrogen-bond acceptors (Lipinski definition) is 3. The molecule has 0 aliphatic heterocycles. The summed E-state index contributed by atoms with van der Waals surface area (Å²) in [5.41, 5.74) is 5.54. The summed E-state index contributed by atoms with van der Waals surface area (Å²) in [7, 11) is 1.48. The van der Waals surface area contributed by atoms with E-state index in [4.69, 9.17) is 15.2 Å². The van der Waals surface area contributed by atoms with Gasteiger partial charge in [0, 0.05) is 12.1 Å². The minimum Gasteiger partial charge on any atom is -0.493 e. The lowest BCUT2D eigenvalue weighted by Gasteiger charge is -2.11. The Bertz CT molecular complexity index is 342. The number of nitrogens with two attached hydrogens (primary N) is 1. The molecule has 0 saturated heterocycles. The normalized spacial score (nSPS) is 10.2. The van der Waals surface area contributed by atoms with E-state index < -0.39 is 5.82 Å². The highest BCUT2D eigenvalue weighted by Crippen LogP contribution is 2.31. The summed E-state index contributed by atoms with van der Waals surface area (Å²) in [5.74, 6) is 0.387. The SMILES string of the molecule is CCCCCOc1cc(N)c(F)cc1OC. The largest absolute Gasteiger partial charge is 0.493 e. The van der Waals surface area contributed by atoms with Gasteiger partial charge in [-0.2, -0.15) is 0 Å². The number of halogens is 1. The molecule has 2 N–H and O–H groups in total. The quantitative estimate of drug-likeness (QED) is 0.600. The van der Waals surface area contributed by atoms with Crippen molar-refractivity contribution >= 4 is 5.69 Å². The van der Waals surface area contributed by atoms with Gasteiger partial charge in [-0.05, 0) is 6.42 Å². The highest BCUT2D eigenvalue weighted by molar-refractivity contribution is 5.53. The van der Waals surface area contributed by atoms with Crippen LogP contribution < -0.4 is 15.2 Å². The molecule has 0 bridgehead atoms. The second-order valence-corrected chi connectivity index (χ2v) is 3.58. The van der Waals surface area contributed by atoms with Crippen molar-refractivity contribution in [3.63, 3.8) is 0 Å². The van der Waals surface area contributed by atoms with Crippen molar-refractivity contribution in [3.8, 4) is 11.5 Å². The van der Waals surface area contributed by atoms with Gasteiger partial charge in [-0.15, -0.1) is 0 Å². The Morgan fingerprint density at radius 3 is 2.62 bits per heavy atom. The summed E-state index contributed by atoms with van der Waals surface area (Å²) in [4.78, 5) is 0. The monoisotopic (exact) mass is 227 g/mol. The van der Waals surface area contributed by atoms with Gasteiger partial charge in [0.2, 0.25) is 0 Å². The van der Waals surface area contributed by atoms with E-state index >= 15 is 0 Å². The van der Waals surface area contributed by atoms with E-state index in [1.54, 1.807) is 0 Å². The van der Waals surface area contributed by atoms with Crippen LogP contribution in [-0.4, -0.2) is 13.7 Å². The minimum atomic E-state index is -0.488. The lowest BCUT2D eigenvalue weighted by Crippen LogP contribution is -2.01. The molecular weight excluding hydrogens is 209 g/mol. The fourth-order valence-corrected chi connectivity index (χ4v) is 1.36. The molecule has 1 aromatic carbocycles. The highest BCUT2D eigenvalue weighted by Gasteiger charge is 2.09. The van der Waals surface area contributed by atoms with E-state index in [0.717, 1.165) is 19.3 Å². The van der Waals surface area contributed by atoms with E-state index in [-0.39, 0.29) is 5.69 Å². The topological polar surface area (TPSA) is 44.5 Å². The lowest BCUT2D eigenvalue weighted by molar-refractivity contribution is 0.285. The van der Waals surface area contributed by atoms with Gasteiger partial charge >= 0.3 is 0 Å². The first-order valence-electron chi connectivity index (χ1n) is 5.44. The first kappa shape index (κ1) is 12.6. The second kappa shape index (κ2) is 6.20. The Labute approximate surface area is 95.4 Å². The Kier molecular flexibility index (Phi) is 4.89. The fourth-order valence-electron chi connectivity index (χ4n) is 1.36. The maximum absolute atomic E-state index is 13.1. The Morgan fingerprint density at radius 1 is 1.25 bits per heavy atom. The molecule has 0 fully saturated rings. The maximum Gasteiger partial charge on any atom is 0.163 e. The molecule has 0 heterocycles. The van der Waals surface area contributed by atoms with Gasteiger partial charge in [0.05, 0.1) is 19.4 Å². The molecule has 4 heteroatoms. The zero-order chi connectivity index (χ0) is 12.0. The maximum atomic E-state index is 13.1. The van der Waals surface area contributed by atoms with Crippen molar-refractivity contribution in [2.24, 2.45) is 0 Å². The molecule has 0 unspecified atom stereocenters. The van der Waals surface area contributed by atoms with Crippen molar-refractivity contribution in [3.05, 3.63) is 17.9 Å². The Hall–Kier alpha value is -1.45. The summed E-state index contributed by atoms with van der Waals surface area (Å²) in [6.45, 7) is 2.71. The van der Waals surface area contributed by atoms with Crippen molar-refractivity contribution in [1.29, 1.82) is 0 Å². The van der Waals surface area contributed by atoms with Crippen LogP contribution in [0.25, 0.3) is 0 Å². The third-order valence-corrected chi connectivity index (χ3v) is 2.29. The van der Waals surface area contributed by atoms with E-state index in [9.17, 15) is 4.39 Å². The predicted molar refractivity (Wildman–Crippen MR) is 62.4 cm³/mol. The molecule has 0 radical (unpaired) electrons. The van der Waals surface area contributed by atoms with Crippen LogP contribution in [0.5, 0.6) is 11.5 Å². The average molecular weight is 227 g/mol. The molecule has 0 atom stereocenters. The number of ether oxygens (including phenoxy) is 2. The summed E-state index contributed by atoms with van der Waals surface area (Å²) in [6, 6.07) is 2.70. The van der Waals surface area contributed by atoms with Crippen LogP contribution in [0.15, 0.2) is 12.1 Å². The van der Waals surface area contributed by atoms with Crippen molar-refractivity contribution in [1.82, 2.24) is 0 Å². The molecule has 1 rings (SSSR count). The van der Waals surface area contributed by atoms with E-state index in [0.29, 0.717) is 18.1 Å². The van der Waals surface area contributed by atoms with Gasteiger partial charge in [-0.3, -0.25) is 0 Å². The van der Waals surface area contributed by atoms with Crippen LogP contribution in [0.2, 0.25) is 0 Å². The van der Waals surface area contributed by atoms with Crippen LogP contribution in [0.3, 0.4) is 0 Å². The molecule has 0 amide bonds. The van der Waals surface area contributed by atoms with Crippen LogP contribution in [-0.2, 0) is 0 Å². The van der Waals surface area contributed by atoms with E-state index in [1.165, 1.54) is 19.2 Å². The van der Waals surface area contributed by atoms with Gasteiger partial charge in [0.15, 0.2) is 11.5 Å². The third-order valence-electron chi connectivity index (χ3n) is 2.29. The zero-order valence-corrected chi connectivity index (χ0v) is 9.75. The summed E-state index contributed by atoms with van der Waals surface area (Å²) >= 11 is 0. The fraction of sp³-hybridized carbons (Fsp3) is 0.500. The molecule has 3 nitrogen and oxygen atoms in total. The Morgan fingerprint density at radius 2 is 2.00 bits per heavy atom. The molecule has 0 saturated carbocycles. The highest BCUT2D eigenvalue weighted by atomic mass is 19.1. The van der Waals surface area contributed by atoms with E-state index in [2.05, 4.69) is 6.92 Å². The molecule has 0 aliphatic carbocycles. The number of nitrogen functional groups attached to an aromatic ring is 1. The molecule has 16 heavy (non-hydrogen) atoms. The van der Waals surface area contributed by atoms with Crippen LogP contribution >= 0.6 is 0 Å². The molecule has 90 valence electrons. The smallest absolute Gasteiger partial charge is 0.163 e. The lowest BCUT2D eigenvalue weighted by atomic mass is 10.2. The molecular formula is C12H18FNO2. The number of hydrogen-bond donors (Lipinski definition) is 1. The van der Waals surface area contributed by atoms with Crippen LogP contribution in [0.4, 0.5) is 10.1 Å². The number of anilines is 1. The average Bonchev–Trinajstić information content (AvgIpc) is 2.28. The summed E-state index contributed by atoms with van der Waals surface area (Å²) in [6.07, 6.45) is 3.21. The molecule has 0 aromatic heterocycles. The summed E-state index contributed by atoms with van der Waals surface area (Å²) in [5, 5.41) is 0. The summed E-state index contributed by atoms with van der Waals surface area (Å²) < 4.78 is 23.6. The van der Waals surface area contributed by atoms with Crippen LogP contribution in [0.1, 0.15) is 26.2 Å². The number of unbranched alkanes of at least 4 members (excludes halogenated alkanes) is 2. The predicted octanol–water partition coefficient (Wildman–Crippen LogP) is 2.99. The number of rotatable bonds is 6. The van der Waals surface area contributed by atoms with Gasteiger partial charge < -0.3 is 15.2 Å². The van der Waals surface area contributed by atoms with Crippen molar-refractivity contribution < 1.29 is 13.9 Å². The van der Waals surface area contributed by atoms with E-state index in [1.807, 2.05) is 0 Å². The van der Waals surface area contributed by atoms with Gasteiger partial charge in [0.25, 0.3) is 0 Å². The minimum absolute atomic E-state index is 0.0753. The first-order valence-corrected chi connectivity index (χ1v) is 5.44. The molecule has 1 aromatic rings.